The van der Waals surface area contributed by atoms with E-state index in [1.165, 1.54) is 36.7 Å². The Kier molecular flexibility index (Phi) is 5.79. The van der Waals surface area contributed by atoms with E-state index in [2.05, 4.69) is 10.2 Å². The van der Waals surface area contributed by atoms with E-state index in [1.807, 2.05) is 0 Å². The molecule has 1 saturated heterocycles. The lowest BCUT2D eigenvalue weighted by atomic mass is 10.2. The second-order valence-corrected chi connectivity index (χ2v) is 6.26. The van der Waals surface area contributed by atoms with Crippen molar-refractivity contribution in [1.29, 1.82) is 0 Å². The van der Waals surface area contributed by atoms with Crippen LogP contribution in [0.1, 0.15) is 18.4 Å². The van der Waals surface area contributed by atoms with E-state index in [1.54, 1.807) is 12.1 Å². The van der Waals surface area contributed by atoms with Gasteiger partial charge in [0.1, 0.15) is 10.1 Å². The van der Waals surface area contributed by atoms with Gasteiger partial charge in [0.2, 0.25) is 5.91 Å². The van der Waals surface area contributed by atoms with Gasteiger partial charge in [-0.3, -0.25) is 4.79 Å². The van der Waals surface area contributed by atoms with Crippen molar-refractivity contribution in [2.24, 2.45) is 0 Å². The van der Waals surface area contributed by atoms with Gasteiger partial charge in [0.15, 0.2) is 0 Å². The molecular weight excluding hydrogens is 295 g/mol. The number of halogens is 1. The Balaban J connectivity index is 1.67. The van der Waals surface area contributed by atoms with Crippen LogP contribution in [-0.2, 0) is 11.3 Å². The van der Waals surface area contributed by atoms with Gasteiger partial charge >= 0.3 is 0 Å². The molecule has 1 aromatic rings. The summed E-state index contributed by atoms with van der Waals surface area (Å²) in [7, 11) is 0. The maximum atomic E-state index is 12.7. The number of amides is 1. The Hall–Kier alpha value is -1.14. The highest BCUT2D eigenvalue weighted by Gasteiger charge is 2.15. The fourth-order valence-corrected chi connectivity index (χ4v) is 3.05. The SMILES string of the molecule is O=C(CSC(=S)N1CCCC1)NCc1ccc(F)cc1. The number of hydrogen-bond donors (Lipinski definition) is 1. The monoisotopic (exact) mass is 312 g/mol. The highest BCUT2D eigenvalue weighted by atomic mass is 32.2. The molecule has 1 N–H and O–H groups in total. The number of nitrogens with one attached hydrogen (secondary N) is 1. The minimum Gasteiger partial charge on any atom is -0.358 e. The average Bonchev–Trinajstić information content (AvgIpc) is 2.98. The van der Waals surface area contributed by atoms with Crippen molar-refractivity contribution < 1.29 is 9.18 Å². The van der Waals surface area contributed by atoms with Gasteiger partial charge in [-0.1, -0.05) is 36.1 Å². The first-order chi connectivity index (χ1) is 9.65. The van der Waals surface area contributed by atoms with E-state index in [0.29, 0.717) is 12.3 Å². The Morgan fingerprint density at radius 3 is 2.60 bits per heavy atom. The van der Waals surface area contributed by atoms with Crippen LogP contribution in [0.5, 0.6) is 0 Å². The molecule has 2 rings (SSSR count). The summed E-state index contributed by atoms with van der Waals surface area (Å²) < 4.78 is 13.5. The van der Waals surface area contributed by atoms with Crippen LogP contribution in [0, 0.1) is 5.82 Å². The molecule has 0 radical (unpaired) electrons. The van der Waals surface area contributed by atoms with Gasteiger partial charge in [-0.2, -0.15) is 0 Å². The van der Waals surface area contributed by atoms with Crippen LogP contribution in [0.3, 0.4) is 0 Å². The first-order valence-corrected chi connectivity index (χ1v) is 7.97. The molecule has 0 atom stereocenters. The molecule has 0 spiro atoms. The Morgan fingerprint density at radius 1 is 1.30 bits per heavy atom. The summed E-state index contributed by atoms with van der Waals surface area (Å²) in [6, 6.07) is 6.10. The number of likely N-dealkylation sites (tertiary alicyclic amines) is 1. The topological polar surface area (TPSA) is 32.3 Å². The first-order valence-electron chi connectivity index (χ1n) is 6.58. The van der Waals surface area contributed by atoms with Crippen molar-refractivity contribution in [1.82, 2.24) is 10.2 Å². The van der Waals surface area contributed by atoms with Gasteiger partial charge in [0, 0.05) is 19.6 Å². The van der Waals surface area contributed by atoms with E-state index in [4.69, 9.17) is 12.2 Å². The van der Waals surface area contributed by atoms with E-state index in [9.17, 15) is 9.18 Å². The molecule has 1 aromatic carbocycles. The van der Waals surface area contributed by atoms with Gasteiger partial charge in [-0.05, 0) is 30.5 Å². The summed E-state index contributed by atoms with van der Waals surface area (Å²) in [6.45, 7) is 2.42. The van der Waals surface area contributed by atoms with Crippen molar-refractivity contribution in [2.45, 2.75) is 19.4 Å². The number of hydrogen-bond acceptors (Lipinski definition) is 3. The third-order valence-corrected chi connectivity index (χ3v) is 4.62. The lowest BCUT2D eigenvalue weighted by molar-refractivity contribution is -0.118. The Bertz CT molecular complexity index is 473. The van der Waals surface area contributed by atoms with E-state index >= 15 is 0 Å². The van der Waals surface area contributed by atoms with E-state index in [-0.39, 0.29) is 11.7 Å². The molecule has 1 aliphatic heterocycles. The molecular formula is C14H17FN2OS2. The molecule has 3 nitrogen and oxygen atoms in total. The van der Waals surface area contributed by atoms with Crippen molar-refractivity contribution in [3.8, 4) is 0 Å². The summed E-state index contributed by atoms with van der Waals surface area (Å²) in [6.07, 6.45) is 2.36. The summed E-state index contributed by atoms with van der Waals surface area (Å²) in [4.78, 5) is 13.9. The third-order valence-electron chi connectivity index (χ3n) is 3.09. The van der Waals surface area contributed by atoms with Crippen LogP contribution in [-0.4, -0.2) is 34.0 Å². The van der Waals surface area contributed by atoms with Crippen LogP contribution < -0.4 is 5.32 Å². The second kappa shape index (κ2) is 7.59. The van der Waals surface area contributed by atoms with E-state index in [0.717, 1.165) is 23.0 Å². The second-order valence-electron chi connectivity index (χ2n) is 4.65. The van der Waals surface area contributed by atoms with Crippen LogP contribution >= 0.6 is 24.0 Å². The summed E-state index contributed by atoms with van der Waals surface area (Å²) in [5.41, 5.74) is 0.881. The lowest BCUT2D eigenvalue weighted by Gasteiger charge is -2.17. The molecule has 6 heteroatoms. The fraction of sp³-hybridized carbons (Fsp3) is 0.429. The molecule has 1 amide bonds. The van der Waals surface area contributed by atoms with Crippen molar-refractivity contribution in [3.05, 3.63) is 35.6 Å². The number of benzene rings is 1. The number of carbonyl (C=O) groups excluding carboxylic acids is 1. The largest absolute Gasteiger partial charge is 0.358 e. The van der Waals surface area contributed by atoms with Crippen molar-refractivity contribution >= 4 is 34.2 Å². The zero-order valence-corrected chi connectivity index (χ0v) is 12.7. The summed E-state index contributed by atoms with van der Waals surface area (Å²) >= 11 is 6.70. The van der Waals surface area contributed by atoms with Crippen LogP contribution in [0.15, 0.2) is 24.3 Å². The number of nitrogens with zero attached hydrogens (tertiary/aromatic N) is 1. The third kappa shape index (κ3) is 4.76. The normalized spacial score (nSPS) is 14.3. The highest BCUT2D eigenvalue weighted by molar-refractivity contribution is 8.23. The minimum atomic E-state index is -0.272. The smallest absolute Gasteiger partial charge is 0.230 e. The Labute approximate surface area is 127 Å². The predicted molar refractivity (Wildman–Crippen MR) is 84.1 cm³/mol. The molecule has 1 fully saturated rings. The lowest BCUT2D eigenvalue weighted by Crippen LogP contribution is -2.28. The number of thioether (sulfide) groups is 1. The molecule has 0 saturated carbocycles. The standard InChI is InChI=1S/C14H17FN2OS2/c15-12-5-3-11(4-6-12)9-16-13(18)10-20-14(19)17-7-1-2-8-17/h3-6H,1-2,7-10H2,(H,16,18). The molecule has 0 unspecified atom stereocenters. The quantitative estimate of drug-likeness (QED) is 0.866. The van der Waals surface area contributed by atoms with Crippen LogP contribution in [0.4, 0.5) is 4.39 Å². The highest BCUT2D eigenvalue weighted by Crippen LogP contribution is 2.15. The van der Waals surface area contributed by atoms with Crippen molar-refractivity contribution in [2.75, 3.05) is 18.8 Å². The molecule has 0 aromatic heterocycles. The van der Waals surface area contributed by atoms with Gasteiger partial charge in [-0.25, -0.2) is 4.39 Å². The molecule has 1 aliphatic rings. The number of rotatable bonds is 4. The average molecular weight is 312 g/mol. The zero-order valence-electron chi connectivity index (χ0n) is 11.1. The van der Waals surface area contributed by atoms with Gasteiger partial charge < -0.3 is 10.2 Å². The minimum absolute atomic E-state index is 0.0547. The number of thiocarbonyl (C=S) groups is 1. The molecule has 1 heterocycles. The molecule has 108 valence electrons. The summed E-state index contributed by atoms with van der Waals surface area (Å²) in [5.74, 6) is 0.00347. The zero-order chi connectivity index (χ0) is 14.4. The maximum absolute atomic E-state index is 12.7. The molecule has 20 heavy (non-hydrogen) atoms. The Morgan fingerprint density at radius 2 is 1.95 bits per heavy atom. The number of carbonyl (C=O) groups is 1. The fourth-order valence-electron chi connectivity index (χ4n) is 1.97. The maximum Gasteiger partial charge on any atom is 0.230 e. The predicted octanol–water partition coefficient (Wildman–Crippen LogP) is 2.56. The van der Waals surface area contributed by atoms with Gasteiger partial charge in [0.25, 0.3) is 0 Å². The molecule has 0 aliphatic carbocycles. The summed E-state index contributed by atoms with van der Waals surface area (Å²) in [5, 5.41) is 2.80. The van der Waals surface area contributed by atoms with E-state index < -0.39 is 0 Å². The molecule has 0 bridgehead atoms. The van der Waals surface area contributed by atoms with Crippen LogP contribution in [0.25, 0.3) is 0 Å². The van der Waals surface area contributed by atoms with Gasteiger partial charge in [0.05, 0.1) is 5.75 Å². The van der Waals surface area contributed by atoms with Crippen LogP contribution in [0.2, 0.25) is 0 Å². The van der Waals surface area contributed by atoms with Gasteiger partial charge in [-0.15, -0.1) is 0 Å². The first kappa shape index (κ1) is 15.3. The van der Waals surface area contributed by atoms with Crippen molar-refractivity contribution in [3.63, 3.8) is 0 Å².